The Hall–Kier alpha value is -0.280. The van der Waals surface area contributed by atoms with Gasteiger partial charge in [0.05, 0.1) is 6.61 Å². The molecule has 0 aliphatic rings. The van der Waals surface area contributed by atoms with Crippen LogP contribution in [0.25, 0.3) is 0 Å². The van der Waals surface area contributed by atoms with Crippen LogP contribution in [0.15, 0.2) is 12.1 Å². The molecule has 1 aromatic rings. The summed E-state index contributed by atoms with van der Waals surface area (Å²) in [5.41, 5.74) is 1.76. The van der Waals surface area contributed by atoms with Gasteiger partial charge in [-0.3, -0.25) is 0 Å². The first-order valence-corrected chi connectivity index (χ1v) is 9.23. The quantitative estimate of drug-likeness (QED) is 0.475. The monoisotopic (exact) mass is 345 g/mol. The lowest BCUT2D eigenvalue weighted by Crippen LogP contribution is -2.16. The maximum Gasteiger partial charge on any atom is 0.0686 e. The molecule has 0 bridgehead atoms. The van der Waals surface area contributed by atoms with Gasteiger partial charge in [-0.15, -0.1) is 0 Å². The number of nitrogens with one attached hydrogen (secondary N) is 1. The Morgan fingerprint density at radius 3 is 2.23 bits per heavy atom. The number of halogens is 2. The molecule has 0 heterocycles. The maximum atomic E-state index is 9.38. The second-order valence-electron chi connectivity index (χ2n) is 5.84. The first-order valence-electron chi connectivity index (χ1n) is 8.47. The minimum atomic E-state index is -0.0327. The number of benzene rings is 1. The van der Waals surface area contributed by atoms with Gasteiger partial charge >= 0.3 is 0 Å². The van der Waals surface area contributed by atoms with Crippen molar-refractivity contribution in [3.8, 4) is 0 Å². The van der Waals surface area contributed by atoms with Gasteiger partial charge < -0.3 is 10.4 Å². The maximum absolute atomic E-state index is 9.38. The number of hydrogen-bond acceptors (Lipinski definition) is 2. The van der Waals surface area contributed by atoms with E-state index in [2.05, 4.69) is 12.2 Å². The second kappa shape index (κ2) is 12.2. The van der Waals surface area contributed by atoms with Crippen LogP contribution < -0.4 is 5.32 Å². The fraction of sp³-hybridized carbons (Fsp3) is 0.667. The zero-order chi connectivity index (χ0) is 16.2. The van der Waals surface area contributed by atoms with Crippen LogP contribution >= 0.6 is 23.2 Å². The van der Waals surface area contributed by atoms with Crippen molar-refractivity contribution in [1.82, 2.24) is 5.32 Å². The van der Waals surface area contributed by atoms with Gasteiger partial charge in [-0.2, -0.15) is 0 Å². The molecule has 0 aliphatic carbocycles. The average Bonchev–Trinajstić information content (AvgIpc) is 2.50. The Kier molecular flexibility index (Phi) is 10.9. The lowest BCUT2D eigenvalue weighted by molar-refractivity contribution is 0.280. The van der Waals surface area contributed by atoms with Crippen molar-refractivity contribution in [3.05, 3.63) is 33.3 Å². The molecule has 0 saturated heterocycles. The van der Waals surface area contributed by atoms with Crippen molar-refractivity contribution in [3.63, 3.8) is 0 Å². The third-order valence-corrected chi connectivity index (χ3v) is 4.49. The number of hydrogen-bond donors (Lipinski definition) is 2. The molecule has 126 valence electrons. The summed E-state index contributed by atoms with van der Waals surface area (Å²) in [6.45, 7) is 3.89. The Morgan fingerprint density at radius 1 is 0.955 bits per heavy atom. The smallest absolute Gasteiger partial charge is 0.0686 e. The standard InChI is InChI=1S/C18H29Cl2NO/c1-2-3-4-5-6-7-8-9-10-21-13-17-15(14-22)11-16(19)12-18(17)20/h11-12,21-22H,2-10,13-14H2,1H3. The Morgan fingerprint density at radius 2 is 1.59 bits per heavy atom. The molecule has 2 N–H and O–H groups in total. The van der Waals surface area contributed by atoms with Gasteiger partial charge in [0.15, 0.2) is 0 Å². The van der Waals surface area contributed by atoms with Crippen LogP contribution in [0, 0.1) is 0 Å². The van der Waals surface area contributed by atoms with E-state index in [1.165, 1.54) is 51.4 Å². The van der Waals surface area contributed by atoms with Crippen molar-refractivity contribution < 1.29 is 5.11 Å². The molecule has 4 heteroatoms. The Labute approximate surface area is 145 Å². The van der Waals surface area contributed by atoms with E-state index < -0.39 is 0 Å². The van der Waals surface area contributed by atoms with Crippen molar-refractivity contribution >= 4 is 23.2 Å². The van der Waals surface area contributed by atoms with Crippen molar-refractivity contribution in [1.29, 1.82) is 0 Å². The fourth-order valence-corrected chi connectivity index (χ4v) is 3.20. The van der Waals surface area contributed by atoms with Crippen molar-refractivity contribution in [2.24, 2.45) is 0 Å². The molecule has 0 spiro atoms. The minimum absolute atomic E-state index is 0.0327. The first kappa shape index (κ1) is 19.8. The molecule has 0 aromatic heterocycles. The van der Waals surface area contributed by atoms with E-state index in [-0.39, 0.29) is 6.61 Å². The molecule has 0 saturated carbocycles. The van der Waals surface area contributed by atoms with E-state index in [4.69, 9.17) is 23.2 Å². The third kappa shape index (κ3) is 7.82. The molecular weight excluding hydrogens is 317 g/mol. The summed E-state index contributed by atoms with van der Waals surface area (Å²) in [5.74, 6) is 0. The summed E-state index contributed by atoms with van der Waals surface area (Å²) in [6, 6.07) is 3.51. The van der Waals surface area contributed by atoms with E-state index in [0.29, 0.717) is 16.6 Å². The lowest BCUT2D eigenvalue weighted by Gasteiger charge is -2.12. The van der Waals surface area contributed by atoms with Gasteiger partial charge in [-0.25, -0.2) is 0 Å². The van der Waals surface area contributed by atoms with Gasteiger partial charge in [0, 0.05) is 16.6 Å². The summed E-state index contributed by atoms with van der Waals surface area (Å²) in [4.78, 5) is 0. The second-order valence-corrected chi connectivity index (χ2v) is 6.68. The molecule has 2 nitrogen and oxygen atoms in total. The van der Waals surface area contributed by atoms with Crippen LogP contribution in [-0.4, -0.2) is 11.7 Å². The van der Waals surface area contributed by atoms with Crippen molar-refractivity contribution in [2.45, 2.75) is 71.4 Å². The summed E-state index contributed by atoms with van der Waals surface area (Å²) in [6.07, 6.45) is 10.6. The van der Waals surface area contributed by atoms with Gasteiger partial charge in [-0.1, -0.05) is 75.1 Å². The normalized spacial score (nSPS) is 11.1. The topological polar surface area (TPSA) is 32.3 Å². The third-order valence-electron chi connectivity index (χ3n) is 3.93. The van der Waals surface area contributed by atoms with Gasteiger partial charge in [0.2, 0.25) is 0 Å². The fourth-order valence-electron chi connectivity index (χ4n) is 2.59. The number of aliphatic hydroxyl groups is 1. The van der Waals surface area contributed by atoms with Crippen LogP contribution in [0.1, 0.15) is 69.4 Å². The number of unbranched alkanes of at least 4 members (excludes halogenated alkanes) is 7. The zero-order valence-corrected chi connectivity index (χ0v) is 15.1. The molecule has 0 aliphatic heterocycles. The molecular formula is C18H29Cl2NO. The number of aliphatic hydroxyl groups excluding tert-OH is 1. The van der Waals surface area contributed by atoms with Crippen LogP contribution in [0.3, 0.4) is 0 Å². The van der Waals surface area contributed by atoms with Crippen LogP contribution in [-0.2, 0) is 13.2 Å². The molecule has 22 heavy (non-hydrogen) atoms. The summed E-state index contributed by atoms with van der Waals surface area (Å²) in [7, 11) is 0. The van der Waals surface area contributed by atoms with Crippen LogP contribution in [0.4, 0.5) is 0 Å². The van der Waals surface area contributed by atoms with E-state index in [1.807, 2.05) is 0 Å². The molecule has 0 unspecified atom stereocenters. The van der Waals surface area contributed by atoms with E-state index >= 15 is 0 Å². The lowest BCUT2D eigenvalue weighted by atomic mass is 10.1. The van der Waals surface area contributed by atoms with E-state index in [9.17, 15) is 5.11 Å². The van der Waals surface area contributed by atoms with Gasteiger partial charge in [-0.05, 0) is 36.2 Å². The SMILES string of the molecule is CCCCCCCCCCNCc1c(Cl)cc(Cl)cc1CO. The highest BCUT2D eigenvalue weighted by molar-refractivity contribution is 6.35. The highest BCUT2D eigenvalue weighted by Gasteiger charge is 2.08. The van der Waals surface area contributed by atoms with Crippen molar-refractivity contribution in [2.75, 3.05) is 6.54 Å². The summed E-state index contributed by atoms with van der Waals surface area (Å²) < 4.78 is 0. The summed E-state index contributed by atoms with van der Waals surface area (Å²) in [5, 5.41) is 14.0. The molecule has 0 amide bonds. The highest BCUT2D eigenvalue weighted by Crippen LogP contribution is 2.25. The first-order chi connectivity index (χ1) is 10.7. The van der Waals surface area contributed by atoms with Crippen LogP contribution in [0.2, 0.25) is 10.0 Å². The summed E-state index contributed by atoms with van der Waals surface area (Å²) >= 11 is 12.1. The van der Waals surface area contributed by atoms with Gasteiger partial charge in [0.25, 0.3) is 0 Å². The van der Waals surface area contributed by atoms with E-state index in [0.717, 1.165) is 17.7 Å². The van der Waals surface area contributed by atoms with Gasteiger partial charge in [0.1, 0.15) is 0 Å². The Balaban J connectivity index is 2.15. The van der Waals surface area contributed by atoms with Crippen LogP contribution in [0.5, 0.6) is 0 Å². The predicted molar refractivity (Wildman–Crippen MR) is 96.7 cm³/mol. The molecule has 0 fully saturated rings. The van der Waals surface area contributed by atoms with E-state index in [1.54, 1.807) is 12.1 Å². The minimum Gasteiger partial charge on any atom is -0.392 e. The molecule has 0 atom stereocenters. The zero-order valence-electron chi connectivity index (χ0n) is 13.6. The molecule has 1 rings (SSSR count). The largest absolute Gasteiger partial charge is 0.392 e. The average molecular weight is 346 g/mol. The highest BCUT2D eigenvalue weighted by atomic mass is 35.5. The number of rotatable bonds is 12. The Bertz CT molecular complexity index is 424. The predicted octanol–water partition coefficient (Wildman–Crippen LogP) is 5.72. The molecule has 1 aromatic carbocycles. The molecule has 0 radical (unpaired) electrons.